The summed E-state index contributed by atoms with van der Waals surface area (Å²) >= 11 is 3.44. The van der Waals surface area contributed by atoms with E-state index in [0.717, 1.165) is 15.6 Å². The van der Waals surface area contributed by atoms with E-state index in [2.05, 4.69) is 33.0 Å². The van der Waals surface area contributed by atoms with Crippen molar-refractivity contribution in [2.24, 2.45) is 5.10 Å². The fraction of sp³-hybridized carbons (Fsp3) is 0.100. The van der Waals surface area contributed by atoms with Crippen LogP contribution in [0.1, 0.15) is 11.1 Å². The summed E-state index contributed by atoms with van der Waals surface area (Å²) in [5.74, 6) is 0.819. The van der Waals surface area contributed by atoms with Crippen LogP contribution in [0.4, 0.5) is 0 Å². The Balaban J connectivity index is 2.01. The van der Waals surface area contributed by atoms with Gasteiger partial charge in [0.15, 0.2) is 11.5 Å². The Labute approximate surface area is 161 Å². The molecule has 0 bridgehead atoms. The quantitative estimate of drug-likeness (QED) is 0.305. The summed E-state index contributed by atoms with van der Waals surface area (Å²) in [5, 5.41) is 3.95. The summed E-state index contributed by atoms with van der Waals surface area (Å²) in [6.07, 6.45) is 6.32. The molecule has 0 atom stereocenters. The highest BCUT2D eigenvalue weighted by Gasteiger charge is 2.10. The minimum absolute atomic E-state index is 0.318. The third kappa shape index (κ3) is 5.89. The van der Waals surface area contributed by atoms with Gasteiger partial charge in [0, 0.05) is 6.08 Å². The third-order valence-electron chi connectivity index (χ3n) is 3.21. The van der Waals surface area contributed by atoms with Crippen LogP contribution < -0.4 is 14.9 Å². The lowest BCUT2D eigenvalue weighted by atomic mass is 10.2. The summed E-state index contributed by atoms with van der Waals surface area (Å²) in [4.78, 5) is 11.8. The molecular weight excluding hydrogens is 396 g/mol. The van der Waals surface area contributed by atoms with Gasteiger partial charge in [-0.25, -0.2) is 5.43 Å². The van der Waals surface area contributed by atoms with Crippen molar-refractivity contribution in [1.29, 1.82) is 0 Å². The number of ether oxygens (including phenoxy) is 2. The van der Waals surface area contributed by atoms with Gasteiger partial charge >= 0.3 is 0 Å². The van der Waals surface area contributed by atoms with Crippen molar-refractivity contribution >= 4 is 34.1 Å². The molecule has 0 aliphatic heterocycles. The van der Waals surface area contributed by atoms with Gasteiger partial charge in [-0.15, -0.1) is 0 Å². The van der Waals surface area contributed by atoms with Gasteiger partial charge in [-0.05, 0) is 45.3 Å². The van der Waals surface area contributed by atoms with Crippen LogP contribution in [0.3, 0.4) is 0 Å². The first-order valence-corrected chi connectivity index (χ1v) is 8.60. The number of hydrogen-bond donors (Lipinski definition) is 1. The van der Waals surface area contributed by atoms with Gasteiger partial charge in [0.1, 0.15) is 6.61 Å². The largest absolute Gasteiger partial charge is 0.493 e. The fourth-order valence-electron chi connectivity index (χ4n) is 2.04. The summed E-state index contributed by atoms with van der Waals surface area (Å²) in [7, 11) is 1.56. The molecule has 0 saturated heterocycles. The number of nitrogens with one attached hydrogen (secondary N) is 1. The topological polar surface area (TPSA) is 59.9 Å². The first-order valence-electron chi connectivity index (χ1n) is 7.81. The molecule has 1 N–H and O–H groups in total. The molecule has 0 radical (unpaired) electrons. The van der Waals surface area contributed by atoms with Crippen LogP contribution in [0.25, 0.3) is 6.08 Å². The van der Waals surface area contributed by atoms with Crippen LogP contribution >= 0.6 is 15.9 Å². The molecule has 0 aliphatic carbocycles. The van der Waals surface area contributed by atoms with E-state index in [1.165, 1.54) is 12.3 Å². The van der Waals surface area contributed by atoms with Gasteiger partial charge < -0.3 is 9.47 Å². The molecule has 26 heavy (non-hydrogen) atoms. The van der Waals surface area contributed by atoms with Crippen LogP contribution in [0.2, 0.25) is 0 Å². The molecule has 2 aromatic carbocycles. The van der Waals surface area contributed by atoms with Crippen molar-refractivity contribution in [1.82, 2.24) is 5.43 Å². The number of nitrogens with zero attached hydrogens (tertiary/aromatic N) is 1. The van der Waals surface area contributed by atoms with Crippen LogP contribution in [-0.2, 0) is 4.79 Å². The Kier molecular flexibility index (Phi) is 7.64. The highest BCUT2D eigenvalue weighted by Crippen LogP contribution is 2.36. The number of carbonyl (C=O) groups excluding carboxylic acids is 1. The lowest BCUT2D eigenvalue weighted by Gasteiger charge is -2.12. The SMILES string of the molecule is C=CCOc1c(Br)cc(/C=N\NC(=O)/C=C/c2ccccc2)cc1OC. The van der Waals surface area contributed by atoms with Gasteiger partial charge in [0.25, 0.3) is 5.91 Å². The Morgan fingerprint density at radius 2 is 2.04 bits per heavy atom. The van der Waals surface area contributed by atoms with Crippen molar-refractivity contribution in [2.45, 2.75) is 0 Å². The first-order chi connectivity index (χ1) is 12.6. The summed E-state index contributed by atoms with van der Waals surface area (Å²) in [5.41, 5.74) is 4.13. The zero-order valence-corrected chi connectivity index (χ0v) is 15.9. The van der Waals surface area contributed by atoms with E-state index in [9.17, 15) is 4.79 Å². The molecule has 0 heterocycles. The molecular formula is C20H19BrN2O3. The van der Waals surface area contributed by atoms with Crippen LogP contribution in [0.15, 0.2) is 70.8 Å². The lowest BCUT2D eigenvalue weighted by molar-refractivity contribution is -0.116. The number of hydrogen-bond acceptors (Lipinski definition) is 4. The summed E-state index contributed by atoms with van der Waals surface area (Å²) < 4.78 is 11.6. The second-order valence-corrected chi connectivity index (χ2v) is 5.97. The van der Waals surface area contributed by atoms with Gasteiger partial charge in [0.05, 0.1) is 17.8 Å². The van der Waals surface area contributed by atoms with Crippen molar-refractivity contribution < 1.29 is 14.3 Å². The predicted octanol–water partition coefficient (Wildman–Crippen LogP) is 4.19. The van der Waals surface area contributed by atoms with Crippen LogP contribution in [-0.4, -0.2) is 25.8 Å². The van der Waals surface area contributed by atoms with Gasteiger partial charge in [-0.3, -0.25) is 4.79 Å². The van der Waals surface area contributed by atoms with Crippen molar-refractivity contribution in [2.75, 3.05) is 13.7 Å². The Morgan fingerprint density at radius 1 is 1.27 bits per heavy atom. The molecule has 6 heteroatoms. The van der Waals surface area contributed by atoms with Crippen LogP contribution in [0, 0.1) is 0 Å². The number of carbonyl (C=O) groups is 1. The zero-order valence-electron chi connectivity index (χ0n) is 14.3. The van der Waals surface area contributed by atoms with E-state index in [4.69, 9.17) is 9.47 Å². The van der Waals surface area contributed by atoms with Crippen molar-refractivity contribution in [3.63, 3.8) is 0 Å². The van der Waals surface area contributed by atoms with Crippen molar-refractivity contribution in [3.8, 4) is 11.5 Å². The Morgan fingerprint density at radius 3 is 2.73 bits per heavy atom. The monoisotopic (exact) mass is 414 g/mol. The number of rotatable bonds is 8. The molecule has 134 valence electrons. The number of methoxy groups -OCH3 is 1. The van der Waals surface area contributed by atoms with E-state index in [-0.39, 0.29) is 5.91 Å². The van der Waals surface area contributed by atoms with E-state index in [1.54, 1.807) is 25.3 Å². The van der Waals surface area contributed by atoms with E-state index in [0.29, 0.717) is 18.1 Å². The fourth-order valence-corrected chi connectivity index (χ4v) is 2.61. The maximum Gasteiger partial charge on any atom is 0.264 e. The number of hydrazone groups is 1. The summed E-state index contributed by atoms with van der Waals surface area (Å²) in [6.45, 7) is 3.99. The second kappa shape index (κ2) is 10.2. The maximum absolute atomic E-state index is 11.8. The molecule has 0 spiro atoms. The zero-order chi connectivity index (χ0) is 18.8. The molecule has 5 nitrogen and oxygen atoms in total. The van der Waals surface area contributed by atoms with Gasteiger partial charge in [-0.1, -0.05) is 43.0 Å². The van der Waals surface area contributed by atoms with Gasteiger partial charge in [0.2, 0.25) is 0 Å². The highest BCUT2D eigenvalue weighted by atomic mass is 79.9. The third-order valence-corrected chi connectivity index (χ3v) is 3.80. The molecule has 0 aromatic heterocycles. The molecule has 0 fully saturated rings. The van der Waals surface area contributed by atoms with E-state index >= 15 is 0 Å². The standard InChI is InChI=1S/C20H19BrN2O3/c1-3-11-26-20-17(21)12-16(13-18(20)25-2)14-22-23-19(24)10-9-15-7-5-4-6-8-15/h3-10,12-14H,1,11H2,2H3,(H,23,24)/b10-9+,22-14-. The average Bonchev–Trinajstić information content (AvgIpc) is 2.66. The number of halogens is 1. The molecule has 2 aromatic rings. The minimum Gasteiger partial charge on any atom is -0.493 e. The van der Waals surface area contributed by atoms with Crippen molar-refractivity contribution in [3.05, 3.63) is 76.8 Å². The molecule has 2 rings (SSSR count). The number of benzene rings is 2. The van der Waals surface area contributed by atoms with E-state index in [1.807, 2.05) is 36.4 Å². The predicted molar refractivity (Wildman–Crippen MR) is 108 cm³/mol. The summed E-state index contributed by atoms with van der Waals surface area (Å²) in [6, 6.07) is 13.1. The van der Waals surface area contributed by atoms with Gasteiger partial charge in [-0.2, -0.15) is 5.10 Å². The molecule has 0 aliphatic rings. The minimum atomic E-state index is -0.318. The molecule has 0 saturated carbocycles. The van der Waals surface area contributed by atoms with Crippen LogP contribution in [0.5, 0.6) is 11.5 Å². The normalized spacial score (nSPS) is 10.8. The van der Waals surface area contributed by atoms with E-state index < -0.39 is 0 Å². The maximum atomic E-state index is 11.8. The average molecular weight is 415 g/mol. The first kappa shape index (κ1) is 19.5. The Bertz CT molecular complexity index is 817. The lowest BCUT2D eigenvalue weighted by Crippen LogP contribution is -2.14. The molecule has 1 amide bonds. The molecule has 0 unspecified atom stereocenters. The Hall–Kier alpha value is -2.86. The second-order valence-electron chi connectivity index (χ2n) is 5.11. The number of amides is 1. The smallest absolute Gasteiger partial charge is 0.264 e. The highest BCUT2D eigenvalue weighted by molar-refractivity contribution is 9.10.